The summed E-state index contributed by atoms with van der Waals surface area (Å²) < 4.78 is 0. The van der Waals surface area contributed by atoms with E-state index >= 15 is 0 Å². The van der Waals surface area contributed by atoms with Crippen molar-refractivity contribution in [3.05, 3.63) is 47.0 Å². The summed E-state index contributed by atoms with van der Waals surface area (Å²) in [4.78, 5) is 14.9. The number of carbonyl (C=O) groups is 1. The van der Waals surface area contributed by atoms with Gasteiger partial charge in [-0.25, -0.2) is 0 Å². The van der Waals surface area contributed by atoms with Crippen LogP contribution in [0.2, 0.25) is 0 Å². The maximum absolute atomic E-state index is 10.8. The Morgan fingerprint density at radius 1 is 1.44 bits per heavy atom. The molecule has 0 saturated carbocycles. The van der Waals surface area contributed by atoms with E-state index in [0.29, 0.717) is 5.56 Å². The number of nitrogens with one attached hydrogen (secondary N) is 1. The minimum Gasteiger partial charge on any atom is -0.298 e. The zero-order chi connectivity index (χ0) is 11.4. The minimum absolute atomic E-state index is 0.684. The van der Waals surface area contributed by atoms with Crippen LogP contribution in [0, 0.1) is 6.92 Å². The molecule has 0 radical (unpaired) electrons. The predicted octanol–water partition coefficient (Wildman–Crippen LogP) is 1.71. The highest BCUT2D eigenvalue weighted by molar-refractivity contribution is 5.78. The van der Waals surface area contributed by atoms with Crippen LogP contribution in [0.5, 0.6) is 0 Å². The predicted molar refractivity (Wildman–Crippen MR) is 60.4 cm³/mol. The number of nitrogens with zero attached hydrogens (tertiary/aromatic N) is 2. The summed E-state index contributed by atoms with van der Waals surface area (Å²) in [6, 6.07) is 3.93. The lowest BCUT2D eigenvalue weighted by Crippen LogP contribution is -1.96. The first-order valence-corrected chi connectivity index (χ1v) is 5.19. The van der Waals surface area contributed by atoms with Gasteiger partial charge in [0.25, 0.3) is 0 Å². The van der Waals surface area contributed by atoms with E-state index in [1.165, 1.54) is 0 Å². The monoisotopic (exact) mass is 215 g/mol. The van der Waals surface area contributed by atoms with Gasteiger partial charge in [0.1, 0.15) is 0 Å². The molecule has 2 aromatic rings. The van der Waals surface area contributed by atoms with Crippen LogP contribution < -0.4 is 0 Å². The van der Waals surface area contributed by atoms with Gasteiger partial charge < -0.3 is 0 Å². The van der Waals surface area contributed by atoms with E-state index in [-0.39, 0.29) is 0 Å². The molecule has 2 aromatic heterocycles. The first-order valence-electron chi connectivity index (χ1n) is 5.19. The number of carbonyl (C=O) groups excluding carboxylic acids is 1. The van der Waals surface area contributed by atoms with Crippen molar-refractivity contribution in [1.29, 1.82) is 0 Å². The second-order valence-electron chi connectivity index (χ2n) is 3.69. The number of hydrogen-bond donors (Lipinski definition) is 1. The summed E-state index contributed by atoms with van der Waals surface area (Å²) in [5.41, 5.74) is 3.50. The molecule has 4 heteroatoms. The Morgan fingerprint density at radius 2 is 2.31 bits per heavy atom. The third-order valence-corrected chi connectivity index (χ3v) is 2.56. The molecule has 0 fully saturated rings. The molecule has 2 rings (SSSR count). The van der Waals surface area contributed by atoms with Crippen LogP contribution in [0.4, 0.5) is 0 Å². The highest BCUT2D eigenvalue weighted by Gasteiger charge is 2.08. The summed E-state index contributed by atoms with van der Waals surface area (Å²) in [7, 11) is 0. The number of pyridine rings is 1. The maximum atomic E-state index is 10.8. The normalized spacial score (nSPS) is 10.3. The SMILES string of the molecule is Cc1[nH]nc(CCc2cccnc2)c1C=O. The molecule has 0 aliphatic heterocycles. The van der Waals surface area contributed by atoms with Crippen molar-refractivity contribution in [1.82, 2.24) is 15.2 Å². The molecule has 4 nitrogen and oxygen atoms in total. The van der Waals surface area contributed by atoms with Crippen molar-refractivity contribution in [2.24, 2.45) is 0 Å². The van der Waals surface area contributed by atoms with Crippen LogP contribution in [-0.4, -0.2) is 21.5 Å². The Balaban J connectivity index is 2.08. The third-order valence-electron chi connectivity index (χ3n) is 2.56. The molecule has 0 unspecified atom stereocenters. The lowest BCUT2D eigenvalue weighted by Gasteiger charge is -1.98. The standard InChI is InChI=1S/C12H13N3O/c1-9-11(8-16)12(15-14-9)5-4-10-3-2-6-13-7-10/h2-3,6-8H,4-5H2,1H3,(H,14,15). The van der Waals surface area contributed by atoms with Crippen LogP contribution in [-0.2, 0) is 12.8 Å². The molecule has 0 aliphatic rings. The molecular formula is C12H13N3O. The van der Waals surface area contributed by atoms with Crippen molar-refractivity contribution in [2.75, 3.05) is 0 Å². The molecule has 1 N–H and O–H groups in total. The first-order chi connectivity index (χ1) is 7.81. The largest absolute Gasteiger partial charge is 0.298 e. The molecule has 2 heterocycles. The Morgan fingerprint density at radius 3 is 3.00 bits per heavy atom. The first kappa shape index (κ1) is 10.5. The molecule has 0 aromatic carbocycles. The van der Waals surface area contributed by atoms with E-state index in [4.69, 9.17) is 0 Å². The van der Waals surface area contributed by atoms with Gasteiger partial charge in [0, 0.05) is 18.1 Å². The summed E-state index contributed by atoms with van der Waals surface area (Å²) in [5, 5.41) is 6.95. The van der Waals surface area contributed by atoms with E-state index in [9.17, 15) is 4.79 Å². The zero-order valence-electron chi connectivity index (χ0n) is 9.10. The van der Waals surface area contributed by atoms with Crippen LogP contribution in [0.1, 0.15) is 27.3 Å². The summed E-state index contributed by atoms with van der Waals surface area (Å²) in [6.07, 6.45) is 6.04. The summed E-state index contributed by atoms with van der Waals surface area (Å²) in [6.45, 7) is 1.85. The number of aromatic amines is 1. The van der Waals surface area contributed by atoms with Gasteiger partial charge in [-0.2, -0.15) is 5.10 Å². The van der Waals surface area contributed by atoms with Gasteiger partial charge in [0.05, 0.1) is 11.3 Å². The van der Waals surface area contributed by atoms with Crippen LogP contribution in [0.25, 0.3) is 0 Å². The van der Waals surface area contributed by atoms with Gasteiger partial charge >= 0.3 is 0 Å². The summed E-state index contributed by atoms with van der Waals surface area (Å²) >= 11 is 0. The van der Waals surface area contributed by atoms with Gasteiger partial charge in [-0.1, -0.05) is 6.07 Å². The van der Waals surface area contributed by atoms with Crippen LogP contribution in [0.3, 0.4) is 0 Å². The number of hydrogen-bond acceptors (Lipinski definition) is 3. The second kappa shape index (κ2) is 4.70. The van der Waals surface area contributed by atoms with Gasteiger partial charge in [0.15, 0.2) is 6.29 Å². The average Bonchev–Trinajstić information content (AvgIpc) is 2.68. The molecular weight excluding hydrogens is 202 g/mol. The quantitative estimate of drug-likeness (QED) is 0.790. The van der Waals surface area contributed by atoms with E-state index in [1.54, 1.807) is 6.20 Å². The molecule has 0 saturated heterocycles. The highest BCUT2D eigenvalue weighted by Crippen LogP contribution is 2.10. The highest BCUT2D eigenvalue weighted by atomic mass is 16.1. The van der Waals surface area contributed by atoms with Crippen molar-refractivity contribution in [3.63, 3.8) is 0 Å². The van der Waals surface area contributed by atoms with E-state index in [0.717, 1.165) is 36.1 Å². The summed E-state index contributed by atoms with van der Waals surface area (Å²) in [5.74, 6) is 0. The van der Waals surface area contributed by atoms with Gasteiger partial charge in [-0.3, -0.25) is 14.9 Å². The molecule has 0 amide bonds. The Bertz CT molecular complexity index is 476. The molecule has 16 heavy (non-hydrogen) atoms. The topological polar surface area (TPSA) is 58.6 Å². The minimum atomic E-state index is 0.684. The lowest BCUT2D eigenvalue weighted by atomic mass is 10.1. The Kier molecular flexibility index (Phi) is 3.10. The molecule has 0 spiro atoms. The van der Waals surface area contributed by atoms with Crippen molar-refractivity contribution in [2.45, 2.75) is 19.8 Å². The molecule has 0 atom stereocenters. The molecule has 0 aliphatic carbocycles. The van der Waals surface area contributed by atoms with E-state index < -0.39 is 0 Å². The van der Waals surface area contributed by atoms with Gasteiger partial charge in [0.2, 0.25) is 0 Å². The van der Waals surface area contributed by atoms with E-state index in [1.807, 2.05) is 25.3 Å². The number of aryl methyl sites for hydroxylation is 3. The maximum Gasteiger partial charge on any atom is 0.153 e. The van der Waals surface area contributed by atoms with Gasteiger partial charge in [-0.15, -0.1) is 0 Å². The van der Waals surface area contributed by atoms with Crippen LogP contribution in [0.15, 0.2) is 24.5 Å². The number of rotatable bonds is 4. The number of H-pyrrole nitrogens is 1. The fourth-order valence-electron chi connectivity index (χ4n) is 1.64. The zero-order valence-corrected chi connectivity index (χ0v) is 9.10. The molecule has 82 valence electrons. The van der Waals surface area contributed by atoms with Crippen molar-refractivity contribution < 1.29 is 4.79 Å². The fraction of sp³-hybridized carbons (Fsp3) is 0.250. The Labute approximate surface area is 93.7 Å². The lowest BCUT2D eigenvalue weighted by molar-refractivity contribution is 0.112. The van der Waals surface area contributed by atoms with Gasteiger partial charge in [-0.05, 0) is 31.4 Å². The Hall–Kier alpha value is -1.97. The van der Waals surface area contributed by atoms with Crippen molar-refractivity contribution >= 4 is 6.29 Å². The average molecular weight is 215 g/mol. The fourth-order valence-corrected chi connectivity index (χ4v) is 1.64. The van der Waals surface area contributed by atoms with E-state index in [2.05, 4.69) is 15.2 Å². The number of aromatic nitrogens is 3. The van der Waals surface area contributed by atoms with Crippen LogP contribution >= 0.6 is 0 Å². The second-order valence-corrected chi connectivity index (χ2v) is 3.69. The molecule has 0 bridgehead atoms. The number of aldehydes is 1. The van der Waals surface area contributed by atoms with Crippen molar-refractivity contribution in [3.8, 4) is 0 Å². The third kappa shape index (κ3) is 2.16. The smallest absolute Gasteiger partial charge is 0.153 e.